The summed E-state index contributed by atoms with van der Waals surface area (Å²) < 4.78 is 83.8. The summed E-state index contributed by atoms with van der Waals surface area (Å²) in [6.45, 7) is 0. The number of rotatable bonds is 8. The fourth-order valence-corrected chi connectivity index (χ4v) is 7.35. The monoisotopic (exact) mass is 842 g/mol. The minimum absolute atomic E-state index is 0.0472. The molecular weight excluding hydrogens is 811 g/mol. The SMILES string of the molecule is CN=C(C(=Nc1ccccc1)c1ccccc1)c1cc(-c2nc3ccc(C(F)(F)F)cc3nc2-c2ccccc2)cc(-c2nc3ccc(C(F)(F)F)cc3nc2-c2ccccc2)c1. The van der Waals surface area contributed by atoms with Gasteiger partial charge in [-0.15, -0.1) is 0 Å². The lowest BCUT2D eigenvalue weighted by Crippen LogP contribution is -2.17. The van der Waals surface area contributed by atoms with Crippen LogP contribution in [0.2, 0.25) is 0 Å². The van der Waals surface area contributed by atoms with Crippen molar-refractivity contribution < 1.29 is 26.3 Å². The van der Waals surface area contributed by atoms with Crippen molar-refractivity contribution in [1.82, 2.24) is 19.9 Å². The molecule has 0 radical (unpaired) electrons. The molecule has 0 aliphatic heterocycles. The predicted molar refractivity (Wildman–Crippen MR) is 236 cm³/mol. The number of fused-ring (bicyclic) bond motifs is 2. The van der Waals surface area contributed by atoms with Gasteiger partial charge in [-0.25, -0.2) is 24.9 Å². The molecule has 12 heteroatoms. The molecule has 63 heavy (non-hydrogen) atoms. The molecule has 2 heterocycles. The highest BCUT2D eigenvalue weighted by molar-refractivity contribution is 6.54. The summed E-state index contributed by atoms with van der Waals surface area (Å²) in [7, 11) is 1.65. The summed E-state index contributed by atoms with van der Waals surface area (Å²) in [6.07, 6.45) is -9.21. The quantitative estimate of drug-likeness (QED) is 0.113. The van der Waals surface area contributed by atoms with E-state index in [1.807, 2.05) is 91.0 Å². The first-order valence-corrected chi connectivity index (χ1v) is 19.6. The average Bonchev–Trinajstić information content (AvgIpc) is 3.30. The Morgan fingerprint density at radius 2 is 0.778 bits per heavy atom. The van der Waals surface area contributed by atoms with Gasteiger partial charge in [0.15, 0.2) is 0 Å². The molecule has 0 N–H and O–H groups in total. The van der Waals surface area contributed by atoms with Gasteiger partial charge in [0.1, 0.15) is 0 Å². The van der Waals surface area contributed by atoms with Crippen molar-refractivity contribution in [2.75, 3.05) is 7.05 Å². The lowest BCUT2D eigenvalue weighted by atomic mass is 9.92. The van der Waals surface area contributed by atoms with Crippen LogP contribution in [0.4, 0.5) is 32.0 Å². The molecular formula is C51H32F6N6. The van der Waals surface area contributed by atoms with Crippen LogP contribution in [0.15, 0.2) is 186 Å². The highest BCUT2D eigenvalue weighted by Gasteiger charge is 2.32. The second-order valence-corrected chi connectivity index (χ2v) is 14.5. The summed E-state index contributed by atoms with van der Waals surface area (Å²) in [5.74, 6) is 0. The number of hydrogen-bond acceptors (Lipinski definition) is 6. The predicted octanol–water partition coefficient (Wildman–Crippen LogP) is 13.5. The minimum atomic E-state index is -4.61. The van der Waals surface area contributed by atoms with Gasteiger partial charge in [0.05, 0.1) is 73.1 Å². The van der Waals surface area contributed by atoms with E-state index >= 15 is 0 Å². The Balaban J connectivity index is 1.36. The van der Waals surface area contributed by atoms with Crippen molar-refractivity contribution in [3.05, 3.63) is 198 Å². The Bertz CT molecular complexity index is 3030. The first-order chi connectivity index (χ1) is 30.4. The third-order valence-electron chi connectivity index (χ3n) is 10.3. The molecule has 7 aromatic carbocycles. The van der Waals surface area contributed by atoms with Gasteiger partial charge < -0.3 is 0 Å². The van der Waals surface area contributed by atoms with E-state index in [-0.39, 0.29) is 22.1 Å². The number of halogens is 6. The molecule has 0 aliphatic rings. The zero-order chi connectivity index (χ0) is 43.7. The lowest BCUT2D eigenvalue weighted by molar-refractivity contribution is -0.138. The zero-order valence-electron chi connectivity index (χ0n) is 33.2. The van der Waals surface area contributed by atoms with Crippen molar-refractivity contribution in [2.45, 2.75) is 12.4 Å². The van der Waals surface area contributed by atoms with Crippen LogP contribution in [-0.4, -0.2) is 38.4 Å². The van der Waals surface area contributed by atoms with E-state index in [1.54, 1.807) is 55.6 Å². The van der Waals surface area contributed by atoms with E-state index in [9.17, 15) is 26.3 Å². The third kappa shape index (κ3) is 8.43. The molecule has 0 bridgehead atoms. The standard InChI is InChI=1S/C51H32F6N6/c1-58-44(45(31-14-6-2-7-15-31)59-39-20-12-5-13-21-39)34-26-35(48-46(32-16-8-3-9-17-32)62-42-29-37(50(52,53)54)22-24-40(42)60-48)28-36(27-34)49-47(33-18-10-4-11-19-33)63-43-30-38(51(55,56)57)23-25-41(43)61-49/h2-30H,1H3. The van der Waals surface area contributed by atoms with Crippen LogP contribution in [0.3, 0.4) is 0 Å². The Morgan fingerprint density at radius 1 is 0.381 bits per heavy atom. The molecule has 0 saturated heterocycles. The summed E-state index contributed by atoms with van der Waals surface area (Å²) in [6, 6.07) is 49.0. The maximum Gasteiger partial charge on any atom is 0.416 e. The molecule has 9 aromatic rings. The van der Waals surface area contributed by atoms with Gasteiger partial charge in [-0.3, -0.25) is 4.99 Å². The summed E-state index contributed by atoms with van der Waals surface area (Å²) in [5, 5.41) is 0. The molecule has 0 saturated carbocycles. The molecule has 0 atom stereocenters. The van der Waals surface area contributed by atoms with E-state index in [0.29, 0.717) is 67.7 Å². The Hall–Kier alpha value is -7.86. The van der Waals surface area contributed by atoms with Gasteiger partial charge >= 0.3 is 12.4 Å². The van der Waals surface area contributed by atoms with Gasteiger partial charge in [0.25, 0.3) is 0 Å². The second-order valence-electron chi connectivity index (χ2n) is 14.5. The fourth-order valence-electron chi connectivity index (χ4n) is 7.35. The first kappa shape index (κ1) is 40.5. The van der Waals surface area contributed by atoms with Crippen LogP contribution in [0.25, 0.3) is 67.1 Å². The largest absolute Gasteiger partial charge is 0.416 e. The Labute approximate surface area is 357 Å². The van der Waals surface area contributed by atoms with E-state index in [4.69, 9.17) is 29.9 Å². The number of hydrogen-bond donors (Lipinski definition) is 0. The maximum atomic E-state index is 14.0. The van der Waals surface area contributed by atoms with Crippen LogP contribution < -0.4 is 0 Å². The second kappa shape index (κ2) is 16.5. The van der Waals surface area contributed by atoms with Crippen molar-refractivity contribution >= 4 is 39.2 Å². The van der Waals surface area contributed by atoms with Crippen LogP contribution >= 0.6 is 0 Å². The van der Waals surface area contributed by atoms with Gasteiger partial charge in [0, 0.05) is 40.4 Å². The number of alkyl halides is 6. The van der Waals surface area contributed by atoms with Crippen molar-refractivity contribution in [3.8, 4) is 45.0 Å². The molecule has 0 unspecified atom stereocenters. The van der Waals surface area contributed by atoms with Crippen LogP contribution in [-0.2, 0) is 12.4 Å². The van der Waals surface area contributed by atoms with Gasteiger partial charge in [-0.1, -0.05) is 109 Å². The summed E-state index contributed by atoms with van der Waals surface area (Å²) in [4.78, 5) is 29.6. The fraction of sp³-hybridized carbons (Fsp3) is 0.0588. The highest BCUT2D eigenvalue weighted by atomic mass is 19.4. The van der Waals surface area contributed by atoms with Crippen molar-refractivity contribution in [3.63, 3.8) is 0 Å². The average molecular weight is 843 g/mol. The van der Waals surface area contributed by atoms with E-state index < -0.39 is 23.5 Å². The zero-order valence-corrected chi connectivity index (χ0v) is 33.2. The Morgan fingerprint density at radius 3 is 1.21 bits per heavy atom. The molecule has 2 aromatic heterocycles. The number of nitrogens with zero attached hydrogens (tertiary/aromatic N) is 6. The maximum absolute atomic E-state index is 14.0. The Kier molecular flexibility index (Phi) is 10.6. The van der Waals surface area contributed by atoms with E-state index in [1.165, 1.54) is 12.1 Å². The van der Waals surface area contributed by atoms with Crippen molar-refractivity contribution in [2.24, 2.45) is 9.98 Å². The summed E-state index contributed by atoms with van der Waals surface area (Å²) >= 11 is 0. The third-order valence-corrected chi connectivity index (χ3v) is 10.3. The molecule has 6 nitrogen and oxygen atoms in total. The van der Waals surface area contributed by atoms with Crippen molar-refractivity contribution in [1.29, 1.82) is 0 Å². The van der Waals surface area contributed by atoms with Crippen LogP contribution in [0, 0.1) is 0 Å². The number of benzene rings is 7. The highest BCUT2D eigenvalue weighted by Crippen LogP contribution is 2.40. The van der Waals surface area contributed by atoms with Crippen LogP contribution in [0.5, 0.6) is 0 Å². The number of para-hydroxylation sites is 1. The first-order valence-electron chi connectivity index (χ1n) is 19.6. The molecule has 0 aliphatic carbocycles. The van der Waals surface area contributed by atoms with Gasteiger partial charge in [-0.05, 0) is 66.7 Å². The summed E-state index contributed by atoms with van der Waals surface area (Å²) in [5.41, 5.74) is 5.34. The number of aliphatic imine (C=N–C) groups is 2. The molecule has 0 fully saturated rings. The van der Waals surface area contributed by atoms with Gasteiger partial charge in [0.2, 0.25) is 0 Å². The molecule has 9 rings (SSSR count). The number of aromatic nitrogens is 4. The van der Waals surface area contributed by atoms with Crippen LogP contribution in [0.1, 0.15) is 22.3 Å². The molecule has 0 amide bonds. The molecule has 308 valence electrons. The van der Waals surface area contributed by atoms with E-state index in [2.05, 4.69) is 0 Å². The smallest absolute Gasteiger partial charge is 0.286 e. The normalized spacial score (nSPS) is 12.6. The van der Waals surface area contributed by atoms with Gasteiger partial charge in [-0.2, -0.15) is 26.3 Å². The lowest BCUT2D eigenvalue weighted by Gasteiger charge is -2.18. The minimum Gasteiger partial charge on any atom is -0.286 e. The molecule has 0 spiro atoms. The topological polar surface area (TPSA) is 76.3 Å². The van der Waals surface area contributed by atoms with E-state index in [0.717, 1.165) is 29.8 Å².